The fourth-order valence-corrected chi connectivity index (χ4v) is 2.35. The Morgan fingerprint density at radius 3 is 2.91 bits per heavy atom. The van der Waals surface area contributed by atoms with E-state index in [0.717, 1.165) is 22.9 Å². The maximum atomic E-state index is 11.8. The van der Waals surface area contributed by atoms with E-state index < -0.39 is 0 Å². The summed E-state index contributed by atoms with van der Waals surface area (Å²) in [6.07, 6.45) is 2.01. The summed E-state index contributed by atoms with van der Waals surface area (Å²) in [5.41, 5.74) is 0.914. The van der Waals surface area contributed by atoms with Gasteiger partial charge in [-0.3, -0.25) is 10.4 Å². The monoisotopic (exact) mass is 315 g/mol. The van der Waals surface area contributed by atoms with Gasteiger partial charge in [0.05, 0.1) is 0 Å². The molecule has 2 amide bonds. The van der Waals surface area contributed by atoms with Gasteiger partial charge in [0.2, 0.25) is 5.13 Å². The third-order valence-corrected chi connectivity index (χ3v) is 3.42. The summed E-state index contributed by atoms with van der Waals surface area (Å²) in [7, 11) is 0. The SMILES string of the molecule is O=C(NCCc1ncn[nH]1)Nc1nc(-c2ccccc2)ns1. The lowest BCUT2D eigenvalue weighted by Crippen LogP contribution is -2.30. The number of anilines is 1. The number of amides is 2. The summed E-state index contributed by atoms with van der Waals surface area (Å²) in [6.45, 7) is 0.450. The molecule has 2 aromatic heterocycles. The summed E-state index contributed by atoms with van der Waals surface area (Å²) >= 11 is 1.14. The minimum atomic E-state index is -0.324. The molecule has 0 unspecified atom stereocenters. The van der Waals surface area contributed by atoms with E-state index in [4.69, 9.17) is 0 Å². The number of nitrogens with one attached hydrogen (secondary N) is 3. The molecule has 0 spiro atoms. The van der Waals surface area contributed by atoms with Crippen molar-refractivity contribution in [3.8, 4) is 11.4 Å². The van der Waals surface area contributed by atoms with Crippen LogP contribution >= 0.6 is 11.5 Å². The lowest BCUT2D eigenvalue weighted by molar-refractivity contribution is 0.252. The van der Waals surface area contributed by atoms with Gasteiger partial charge in [0.1, 0.15) is 12.2 Å². The zero-order valence-corrected chi connectivity index (χ0v) is 12.3. The van der Waals surface area contributed by atoms with Gasteiger partial charge < -0.3 is 5.32 Å². The minimum absolute atomic E-state index is 0.324. The second-order valence-electron chi connectivity index (χ2n) is 4.35. The molecule has 0 saturated carbocycles. The van der Waals surface area contributed by atoms with Crippen LogP contribution in [0.25, 0.3) is 11.4 Å². The number of nitrogens with zero attached hydrogens (tertiary/aromatic N) is 4. The van der Waals surface area contributed by atoms with Crippen molar-refractivity contribution in [1.82, 2.24) is 29.9 Å². The standard InChI is InChI=1S/C13H13N7OS/c21-12(14-7-6-10-15-8-16-19-10)18-13-17-11(20-22-13)9-4-2-1-3-5-9/h1-5,8H,6-7H2,(H,15,16,19)(H2,14,17,18,20,21). The molecular formula is C13H13N7OS. The summed E-state index contributed by atoms with van der Waals surface area (Å²) in [5, 5.41) is 12.3. The van der Waals surface area contributed by atoms with Gasteiger partial charge in [0, 0.05) is 30.1 Å². The number of hydrogen-bond acceptors (Lipinski definition) is 6. The molecule has 0 aliphatic carbocycles. The van der Waals surface area contributed by atoms with Crippen LogP contribution in [0.5, 0.6) is 0 Å². The maximum absolute atomic E-state index is 11.8. The molecule has 3 rings (SSSR count). The van der Waals surface area contributed by atoms with Crippen molar-refractivity contribution in [3.63, 3.8) is 0 Å². The van der Waals surface area contributed by atoms with Crippen LogP contribution in [-0.4, -0.2) is 37.1 Å². The van der Waals surface area contributed by atoms with E-state index >= 15 is 0 Å². The second kappa shape index (κ2) is 6.76. The summed E-state index contributed by atoms with van der Waals surface area (Å²) in [5.74, 6) is 1.32. The van der Waals surface area contributed by atoms with E-state index in [9.17, 15) is 4.79 Å². The lowest BCUT2D eigenvalue weighted by Gasteiger charge is -2.03. The third-order valence-electron chi connectivity index (χ3n) is 2.79. The molecule has 9 heteroatoms. The first-order valence-corrected chi connectivity index (χ1v) is 7.37. The predicted octanol–water partition coefficient (Wildman–Crippen LogP) is 1.69. The largest absolute Gasteiger partial charge is 0.337 e. The number of carbonyl (C=O) groups excluding carboxylic acids is 1. The highest BCUT2D eigenvalue weighted by Gasteiger charge is 2.09. The number of aromatic nitrogens is 5. The van der Waals surface area contributed by atoms with Gasteiger partial charge in [-0.05, 0) is 0 Å². The Labute approximate surface area is 130 Å². The zero-order chi connectivity index (χ0) is 15.2. The molecule has 3 N–H and O–H groups in total. The lowest BCUT2D eigenvalue weighted by atomic mass is 10.2. The molecule has 3 aromatic rings. The highest BCUT2D eigenvalue weighted by Crippen LogP contribution is 2.20. The number of H-pyrrole nitrogens is 1. The Balaban J connectivity index is 1.50. The smallest absolute Gasteiger partial charge is 0.321 e. The Morgan fingerprint density at radius 2 is 2.14 bits per heavy atom. The molecule has 112 valence electrons. The average molecular weight is 315 g/mol. The first kappa shape index (κ1) is 14.1. The maximum Gasteiger partial charge on any atom is 0.321 e. The first-order valence-electron chi connectivity index (χ1n) is 6.59. The topological polar surface area (TPSA) is 108 Å². The van der Waals surface area contributed by atoms with Crippen molar-refractivity contribution in [1.29, 1.82) is 0 Å². The minimum Gasteiger partial charge on any atom is -0.337 e. The molecule has 0 bridgehead atoms. The Hall–Kier alpha value is -2.81. The number of urea groups is 1. The molecule has 0 saturated heterocycles. The normalized spacial score (nSPS) is 10.4. The Bertz CT molecular complexity index is 726. The number of rotatable bonds is 5. The summed E-state index contributed by atoms with van der Waals surface area (Å²) in [4.78, 5) is 20.0. The van der Waals surface area contributed by atoms with Crippen LogP contribution in [0.2, 0.25) is 0 Å². The van der Waals surface area contributed by atoms with E-state index in [-0.39, 0.29) is 6.03 Å². The van der Waals surface area contributed by atoms with Crippen molar-refractivity contribution in [2.45, 2.75) is 6.42 Å². The van der Waals surface area contributed by atoms with Crippen LogP contribution < -0.4 is 10.6 Å². The van der Waals surface area contributed by atoms with Crippen LogP contribution in [-0.2, 0) is 6.42 Å². The molecule has 0 atom stereocenters. The molecular weight excluding hydrogens is 302 g/mol. The molecule has 0 radical (unpaired) electrons. The molecule has 1 aromatic carbocycles. The van der Waals surface area contributed by atoms with E-state index in [1.54, 1.807) is 0 Å². The molecule has 8 nitrogen and oxygen atoms in total. The van der Waals surface area contributed by atoms with Gasteiger partial charge >= 0.3 is 6.03 Å². The number of carbonyl (C=O) groups is 1. The number of benzene rings is 1. The van der Waals surface area contributed by atoms with Gasteiger partial charge in [0.25, 0.3) is 0 Å². The Kier molecular flexibility index (Phi) is 4.35. The number of aromatic amines is 1. The molecule has 2 heterocycles. The predicted molar refractivity (Wildman–Crippen MR) is 82.5 cm³/mol. The van der Waals surface area contributed by atoms with Crippen molar-refractivity contribution < 1.29 is 4.79 Å². The fraction of sp³-hybridized carbons (Fsp3) is 0.154. The molecule has 0 aliphatic rings. The van der Waals surface area contributed by atoms with E-state index in [2.05, 4.69) is 35.2 Å². The highest BCUT2D eigenvalue weighted by atomic mass is 32.1. The van der Waals surface area contributed by atoms with Gasteiger partial charge in [-0.1, -0.05) is 30.3 Å². The molecule has 0 fully saturated rings. The van der Waals surface area contributed by atoms with Crippen LogP contribution in [0.3, 0.4) is 0 Å². The van der Waals surface area contributed by atoms with E-state index in [0.29, 0.717) is 23.9 Å². The summed E-state index contributed by atoms with van der Waals surface area (Å²) in [6, 6.07) is 9.28. The van der Waals surface area contributed by atoms with Gasteiger partial charge in [-0.2, -0.15) is 14.5 Å². The van der Waals surface area contributed by atoms with E-state index in [1.807, 2.05) is 30.3 Å². The van der Waals surface area contributed by atoms with Crippen LogP contribution in [0, 0.1) is 0 Å². The van der Waals surface area contributed by atoms with Gasteiger partial charge in [0.15, 0.2) is 5.82 Å². The summed E-state index contributed by atoms with van der Waals surface area (Å²) < 4.78 is 4.23. The molecule has 22 heavy (non-hydrogen) atoms. The zero-order valence-electron chi connectivity index (χ0n) is 11.5. The van der Waals surface area contributed by atoms with Crippen LogP contribution in [0.15, 0.2) is 36.7 Å². The van der Waals surface area contributed by atoms with Crippen molar-refractivity contribution in [2.24, 2.45) is 0 Å². The van der Waals surface area contributed by atoms with Gasteiger partial charge in [-0.15, -0.1) is 0 Å². The quantitative estimate of drug-likeness (QED) is 0.664. The van der Waals surface area contributed by atoms with Crippen molar-refractivity contribution in [2.75, 3.05) is 11.9 Å². The Morgan fingerprint density at radius 1 is 1.27 bits per heavy atom. The molecule has 0 aliphatic heterocycles. The second-order valence-corrected chi connectivity index (χ2v) is 5.10. The van der Waals surface area contributed by atoms with Crippen molar-refractivity contribution in [3.05, 3.63) is 42.5 Å². The first-order chi connectivity index (χ1) is 10.8. The number of hydrogen-bond donors (Lipinski definition) is 3. The average Bonchev–Trinajstić information content (AvgIpc) is 3.20. The van der Waals surface area contributed by atoms with E-state index in [1.165, 1.54) is 6.33 Å². The fourth-order valence-electron chi connectivity index (χ4n) is 1.77. The van der Waals surface area contributed by atoms with Crippen LogP contribution in [0.4, 0.5) is 9.93 Å². The van der Waals surface area contributed by atoms with Crippen LogP contribution in [0.1, 0.15) is 5.82 Å². The van der Waals surface area contributed by atoms with Gasteiger partial charge in [-0.25, -0.2) is 9.78 Å². The third kappa shape index (κ3) is 3.64. The highest BCUT2D eigenvalue weighted by molar-refractivity contribution is 7.10. The van der Waals surface area contributed by atoms with Crippen molar-refractivity contribution >= 4 is 22.7 Å².